The van der Waals surface area contributed by atoms with Crippen LogP contribution in [-0.2, 0) is 14.3 Å². The first-order chi connectivity index (χ1) is 9.43. The van der Waals surface area contributed by atoms with Crippen LogP contribution in [0.2, 0.25) is 0 Å². The van der Waals surface area contributed by atoms with Crippen LogP contribution < -0.4 is 5.32 Å². The van der Waals surface area contributed by atoms with Gasteiger partial charge in [0.25, 0.3) is 0 Å². The van der Waals surface area contributed by atoms with Crippen LogP contribution in [0.5, 0.6) is 0 Å². The smallest absolute Gasteiger partial charge is 0.327 e. The Kier molecular flexibility index (Phi) is 5.04. The Hall–Kier alpha value is -0.650. The first kappa shape index (κ1) is 15.7. The summed E-state index contributed by atoms with van der Waals surface area (Å²) in [5.41, 5.74) is -0.617. The van der Waals surface area contributed by atoms with Gasteiger partial charge in [-0.3, -0.25) is 15.0 Å². The van der Waals surface area contributed by atoms with Gasteiger partial charge >= 0.3 is 5.97 Å². The summed E-state index contributed by atoms with van der Waals surface area (Å²) in [7, 11) is 0. The highest BCUT2D eigenvalue weighted by Gasteiger charge is 2.42. The van der Waals surface area contributed by atoms with Crippen LogP contribution >= 0.6 is 0 Å². The number of ether oxygens (including phenoxy) is 2. The maximum Gasteiger partial charge on any atom is 0.327 e. The number of hydrogen-bond donors (Lipinski definition) is 1. The molecule has 1 saturated heterocycles. The zero-order valence-corrected chi connectivity index (χ0v) is 13.1. The maximum atomic E-state index is 12.3. The second kappa shape index (κ2) is 6.41. The van der Waals surface area contributed by atoms with E-state index in [4.69, 9.17) is 9.47 Å². The second-order valence-corrected chi connectivity index (χ2v) is 6.42. The van der Waals surface area contributed by atoms with Crippen LogP contribution in [0.3, 0.4) is 0 Å². The van der Waals surface area contributed by atoms with E-state index in [0.717, 1.165) is 25.9 Å². The van der Waals surface area contributed by atoms with E-state index in [0.29, 0.717) is 19.2 Å². The quantitative estimate of drug-likeness (QED) is 0.742. The van der Waals surface area contributed by atoms with Crippen LogP contribution in [0.15, 0.2) is 0 Å². The number of hydrogen-bond acceptors (Lipinski definition) is 5. The van der Waals surface area contributed by atoms with E-state index in [9.17, 15) is 4.79 Å². The molecule has 0 aromatic carbocycles. The zero-order chi connectivity index (χ0) is 14.8. The Bertz CT molecular complexity index is 336. The Morgan fingerprint density at radius 3 is 2.45 bits per heavy atom. The fourth-order valence-electron chi connectivity index (χ4n) is 3.00. The van der Waals surface area contributed by atoms with Crippen molar-refractivity contribution in [3.05, 3.63) is 0 Å². The van der Waals surface area contributed by atoms with Gasteiger partial charge in [-0.2, -0.15) is 0 Å². The van der Waals surface area contributed by atoms with Crippen molar-refractivity contribution >= 4 is 5.97 Å². The first-order valence-electron chi connectivity index (χ1n) is 7.75. The Balaban J connectivity index is 2.00. The van der Waals surface area contributed by atoms with Gasteiger partial charge in [-0.1, -0.05) is 0 Å². The average molecular weight is 284 g/mol. The summed E-state index contributed by atoms with van der Waals surface area (Å²) in [4.78, 5) is 14.6. The number of nitrogens with one attached hydrogen (secondary N) is 1. The minimum Gasteiger partial charge on any atom is -0.465 e. The van der Waals surface area contributed by atoms with Gasteiger partial charge in [0, 0.05) is 25.7 Å². The molecule has 2 fully saturated rings. The zero-order valence-electron chi connectivity index (χ0n) is 13.1. The summed E-state index contributed by atoms with van der Waals surface area (Å²) >= 11 is 0. The molecule has 20 heavy (non-hydrogen) atoms. The van der Waals surface area contributed by atoms with E-state index in [2.05, 4.69) is 24.1 Å². The van der Waals surface area contributed by atoms with Crippen LogP contribution in [-0.4, -0.2) is 60.9 Å². The van der Waals surface area contributed by atoms with Gasteiger partial charge in [-0.05, 0) is 40.5 Å². The molecule has 5 heteroatoms. The summed E-state index contributed by atoms with van der Waals surface area (Å²) < 4.78 is 11.0. The van der Waals surface area contributed by atoms with Crippen molar-refractivity contribution < 1.29 is 14.3 Å². The SMILES string of the molecule is CCOC(=O)C(C)(CN1CC(C)OC(C)C1)NC1CC1. The number of esters is 1. The number of carbonyl (C=O) groups is 1. The minimum atomic E-state index is -0.617. The van der Waals surface area contributed by atoms with Gasteiger partial charge in [0.15, 0.2) is 0 Å². The molecule has 0 radical (unpaired) electrons. The van der Waals surface area contributed by atoms with E-state index in [1.54, 1.807) is 0 Å². The van der Waals surface area contributed by atoms with Crippen molar-refractivity contribution in [3.63, 3.8) is 0 Å². The van der Waals surface area contributed by atoms with Crippen molar-refractivity contribution in [1.82, 2.24) is 10.2 Å². The average Bonchev–Trinajstić information content (AvgIpc) is 3.11. The number of nitrogens with zero attached hydrogens (tertiary/aromatic N) is 1. The highest BCUT2D eigenvalue weighted by Crippen LogP contribution is 2.24. The van der Waals surface area contributed by atoms with Gasteiger partial charge < -0.3 is 9.47 Å². The monoisotopic (exact) mass is 284 g/mol. The molecule has 116 valence electrons. The molecular weight excluding hydrogens is 256 g/mol. The molecule has 3 unspecified atom stereocenters. The van der Waals surface area contributed by atoms with E-state index in [1.165, 1.54) is 0 Å². The molecule has 1 aliphatic heterocycles. The van der Waals surface area contributed by atoms with Gasteiger partial charge in [0.1, 0.15) is 5.54 Å². The molecule has 0 bridgehead atoms. The third-order valence-electron chi connectivity index (χ3n) is 3.86. The minimum absolute atomic E-state index is 0.140. The lowest BCUT2D eigenvalue weighted by molar-refractivity contribution is -0.153. The molecule has 3 atom stereocenters. The highest BCUT2D eigenvalue weighted by atomic mass is 16.5. The van der Waals surface area contributed by atoms with E-state index in [1.807, 2.05) is 13.8 Å². The molecule has 0 aromatic heterocycles. The van der Waals surface area contributed by atoms with E-state index < -0.39 is 5.54 Å². The Labute approximate surface area is 122 Å². The molecule has 0 spiro atoms. The molecule has 0 aromatic rings. The normalized spacial score (nSPS) is 30.8. The third-order valence-corrected chi connectivity index (χ3v) is 3.86. The van der Waals surface area contributed by atoms with Crippen molar-refractivity contribution in [3.8, 4) is 0 Å². The lowest BCUT2D eigenvalue weighted by Gasteiger charge is -2.40. The summed E-state index contributed by atoms with van der Waals surface area (Å²) in [6.07, 6.45) is 2.74. The number of morpholine rings is 1. The molecule has 1 aliphatic carbocycles. The lowest BCUT2D eigenvalue weighted by atomic mass is 10.0. The highest BCUT2D eigenvalue weighted by molar-refractivity contribution is 5.80. The molecular formula is C15H28N2O3. The van der Waals surface area contributed by atoms with Gasteiger partial charge in [0.05, 0.1) is 18.8 Å². The standard InChI is InChI=1S/C15H28N2O3/c1-5-19-14(18)15(4,16-13-6-7-13)10-17-8-11(2)20-12(3)9-17/h11-13,16H,5-10H2,1-4H3. The molecule has 1 saturated carbocycles. The van der Waals surface area contributed by atoms with Crippen molar-refractivity contribution in [2.24, 2.45) is 0 Å². The number of carbonyl (C=O) groups excluding carboxylic acids is 1. The third kappa shape index (κ3) is 4.17. The second-order valence-electron chi connectivity index (χ2n) is 6.42. The lowest BCUT2D eigenvalue weighted by Crippen LogP contribution is -2.61. The van der Waals surface area contributed by atoms with E-state index >= 15 is 0 Å². The van der Waals surface area contributed by atoms with Crippen molar-refractivity contribution in [2.45, 2.75) is 64.3 Å². The van der Waals surface area contributed by atoms with Crippen molar-refractivity contribution in [2.75, 3.05) is 26.2 Å². The van der Waals surface area contributed by atoms with Gasteiger partial charge in [0.2, 0.25) is 0 Å². The van der Waals surface area contributed by atoms with Crippen LogP contribution in [0.1, 0.15) is 40.5 Å². The molecule has 1 heterocycles. The number of rotatable bonds is 6. The topological polar surface area (TPSA) is 50.8 Å². The molecule has 5 nitrogen and oxygen atoms in total. The molecule has 1 N–H and O–H groups in total. The molecule has 0 amide bonds. The fraction of sp³-hybridized carbons (Fsp3) is 0.933. The summed E-state index contributed by atoms with van der Waals surface area (Å²) in [6, 6.07) is 0.472. The predicted molar refractivity (Wildman–Crippen MR) is 77.6 cm³/mol. The van der Waals surface area contributed by atoms with Crippen LogP contribution in [0.25, 0.3) is 0 Å². The van der Waals surface area contributed by atoms with Gasteiger partial charge in [-0.25, -0.2) is 0 Å². The molecule has 2 aliphatic rings. The summed E-state index contributed by atoms with van der Waals surface area (Å²) in [6.45, 7) is 10.8. The van der Waals surface area contributed by atoms with Crippen molar-refractivity contribution in [1.29, 1.82) is 0 Å². The largest absolute Gasteiger partial charge is 0.465 e. The maximum absolute atomic E-state index is 12.3. The first-order valence-corrected chi connectivity index (χ1v) is 7.75. The van der Waals surface area contributed by atoms with Crippen LogP contribution in [0.4, 0.5) is 0 Å². The summed E-state index contributed by atoms with van der Waals surface area (Å²) in [5, 5.41) is 3.47. The Morgan fingerprint density at radius 1 is 1.35 bits per heavy atom. The predicted octanol–water partition coefficient (Wildman–Crippen LogP) is 1.17. The molecule has 2 rings (SSSR count). The van der Waals surface area contributed by atoms with Gasteiger partial charge in [-0.15, -0.1) is 0 Å². The van der Waals surface area contributed by atoms with Crippen LogP contribution in [0, 0.1) is 0 Å². The fourth-order valence-corrected chi connectivity index (χ4v) is 3.00. The van der Waals surface area contributed by atoms with E-state index in [-0.39, 0.29) is 18.2 Å². The Morgan fingerprint density at radius 2 is 1.95 bits per heavy atom. The summed E-state index contributed by atoms with van der Waals surface area (Å²) in [5.74, 6) is -0.140.